The van der Waals surface area contributed by atoms with Gasteiger partial charge in [0.1, 0.15) is 0 Å². The normalized spacial score (nSPS) is 28.4. The number of hydrogen-bond acceptors (Lipinski definition) is 4. The van der Waals surface area contributed by atoms with Gasteiger partial charge in [0.2, 0.25) is 5.89 Å². The van der Waals surface area contributed by atoms with Crippen LogP contribution >= 0.6 is 0 Å². The van der Waals surface area contributed by atoms with Crippen LogP contribution < -0.4 is 5.32 Å². The van der Waals surface area contributed by atoms with Crippen LogP contribution in [0.1, 0.15) is 69.6 Å². The van der Waals surface area contributed by atoms with Crippen molar-refractivity contribution in [2.24, 2.45) is 0 Å². The van der Waals surface area contributed by atoms with Gasteiger partial charge in [0.05, 0.1) is 6.04 Å². The molecule has 2 fully saturated rings. The maximum atomic E-state index is 5.50. The van der Waals surface area contributed by atoms with Crippen molar-refractivity contribution in [2.75, 3.05) is 6.54 Å². The van der Waals surface area contributed by atoms with Gasteiger partial charge in [-0.05, 0) is 32.2 Å². The van der Waals surface area contributed by atoms with Gasteiger partial charge in [-0.25, -0.2) is 0 Å². The minimum Gasteiger partial charge on any atom is -0.339 e. The lowest BCUT2D eigenvalue weighted by Crippen LogP contribution is -2.27. The summed E-state index contributed by atoms with van der Waals surface area (Å²) >= 11 is 0. The highest BCUT2D eigenvalue weighted by Crippen LogP contribution is 2.40. The Morgan fingerprint density at radius 1 is 1.24 bits per heavy atom. The van der Waals surface area contributed by atoms with Crippen molar-refractivity contribution in [1.29, 1.82) is 0 Å². The first-order chi connectivity index (χ1) is 8.28. The van der Waals surface area contributed by atoms with E-state index in [9.17, 15) is 0 Å². The molecule has 0 radical (unpaired) electrons. The second-order valence-corrected chi connectivity index (χ2v) is 5.73. The molecule has 0 amide bonds. The molecule has 4 heteroatoms. The topological polar surface area (TPSA) is 51.0 Å². The van der Waals surface area contributed by atoms with Crippen LogP contribution in [0.25, 0.3) is 0 Å². The van der Waals surface area contributed by atoms with Gasteiger partial charge >= 0.3 is 0 Å². The van der Waals surface area contributed by atoms with Crippen molar-refractivity contribution in [3.63, 3.8) is 0 Å². The number of aromatic nitrogens is 2. The van der Waals surface area contributed by atoms with Crippen molar-refractivity contribution in [3.8, 4) is 0 Å². The van der Waals surface area contributed by atoms with E-state index >= 15 is 0 Å². The SMILES string of the molecule is CC1(c2nc(C3CCCCN3)no2)CCCC1. The largest absolute Gasteiger partial charge is 0.339 e. The minimum atomic E-state index is 0.139. The van der Waals surface area contributed by atoms with E-state index in [0.717, 1.165) is 24.7 Å². The molecule has 3 rings (SSSR count). The van der Waals surface area contributed by atoms with E-state index < -0.39 is 0 Å². The number of hydrogen-bond donors (Lipinski definition) is 1. The summed E-state index contributed by atoms with van der Waals surface area (Å²) in [5.74, 6) is 1.73. The second kappa shape index (κ2) is 4.41. The Balaban J connectivity index is 1.77. The highest BCUT2D eigenvalue weighted by atomic mass is 16.5. The third kappa shape index (κ3) is 2.10. The molecule has 17 heavy (non-hydrogen) atoms. The summed E-state index contributed by atoms with van der Waals surface area (Å²) in [4.78, 5) is 4.65. The van der Waals surface area contributed by atoms with E-state index in [-0.39, 0.29) is 5.41 Å². The molecule has 4 nitrogen and oxygen atoms in total. The Bertz CT molecular complexity index is 376. The van der Waals surface area contributed by atoms with Crippen molar-refractivity contribution in [2.45, 2.75) is 63.3 Å². The third-order valence-corrected chi connectivity index (χ3v) is 4.29. The molecule has 1 aromatic rings. The van der Waals surface area contributed by atoms with Crippen LogP contribution in [0.15, 0.2) is 4.52 Å². The van der Waals surface area contributed by atoms with Crippen LogP contribution in [0.5, 0.6) is 0 Å². The predicted molar refractivity (Wildman–Crippen MR) is 64.7 cm³/mol. The lowest BCUT2D eigenvalue weighted by atomic mass is 9.89. The maximum Gasteiger partial charge on any atom is 0.232 e. The molecular formula is C13H21N3O. The van der Waals surface area contributed by atoms with Gasteiger partial charge in [-0.3, -0.25) is 0 Å². The first kappa shape index (κ1) is 11.2. The summed E-state index contributed by atoms with van der Waals surface area (Å²) in [7, 11) is 0. The fourth-order valence-corrected chi connectivity index (χ4v) is 3.06. The van der Waals surface area contributed by atoms with Crippen LogP contribution in [0.4, 0.5) is 0 Å². The average molecular weight is 235 g/mol. The Morgan fingerprint density at radius 2 is 2.06 bits per heavy atom. The standard InChI is InChI=1S/C13H21N3O/c1-13(7-3-4-8-13)12-15-11(16-17-12)10-6-2-5-9-14-10/h10,14H,2-9H2,1H3. The molecule has 1 aromatic heterocycles. The van der Waals surface area contributed by atoms with Gasteiger partial charge in [-0.1, -0.05) is 31.3 Å². The molecule has 1 N–H and O–H groups in total. The molecule has 1 unspecified atom stereocenters. The van der Waals surface area contributed by atoms with Crippen LogP contribution in [0, 0.1) is 0 Å². The molecule has 1 atom stereocenters. The molecule has 0 bridgehead atoms. The number of nitrogens with zero attached hydrogens (tertiary/aromatic N) is 2. The third-order valence-electron chi connectivity index (χ3n) is 4.29. The minimum absolute atomic E-state index is 0.139. The monoisotopic (exact) mass is 235 g/mol. The lowest BCUT2D eigenvalue weighted by molar-refractivity contribution is 0.290. The zero-order chi connectivity index (χ0) is 11.7. The van der Waals surface area contributed by atoms with Crippen molar-refractivity contribution >= 4 is 0 Å². The van der Waals surface area contributed by atoms with Gasteiger partial charge in [-0.2, -0.15) is 4.98 Å². The molecule has 0 aromatic carbocycles. The molecule has 2 heterocycles. The molecule has 1 saturated carbocycles. The molecule has 1 aliphatic heterocycles. The summed E-state index contributed by atoms with van der Waals surface area (Å²) in [5.41, 5.74) is 0.139. The summed E-state index contributed by atoms with van der Waals surface area (Å²) in [6.07, 6.45) is 8.61. The smallest absolute Gasteiger partial charge is 0.232 e. The van der Waals surface area contributed by atoms with E-state index in [1.54, 1.807) is 0 Å². The molecule has 94 valence electrons. The van der Waals surface area contributed by atoms with Crippen molar-refractivity contribution in [3.05, 3.63) is 11.7 Å². The van der Waals surface area contributed by atoms with E-state index in [1.807, 2.05) is 0 Å². The highest BCUT2D eigenvalue weighted by molar-refractivity contribution is 5.07. The Morgan fingerprint density at radius 3 is 2.76 bits per heavy atom. The molecule has 1 aliphatic carbocycles. The molecule has 0 spiro atoms. The highest BCUT2D eigenvalue weighted by Gasteiger charge is 2.36. The summed E-state index contributed by atoms with van der Waals surface area (Å²) in [6, 6.07) is 0.311. The molecule has 1 saturated heterocycles. The zero-order valence-electron chi connectivity index (χ0n) is 10.5. The van der Waals surface area contributed by atoms with Gasteiger partial charge in [-0.15, -0.1) is 0 Å². The quantitative estimate of drug-likeness (QED) is 0.856. The predicted octanol–water partition coefficient (Wildman–Crippen LogP) is 2.72. The fraction of sp³-hybridized carbons (Fsp3) is 0.846. The van der Waals surface area contributed by atoms with E-state index in [4.69, 9.17) is 4.52 Å². The van der Waals surface area contributed by atoms with Crippen LogP contribution in [0.2, 0.25) is 0 Å². The molecular weight excluding hydrogens is 214 g/mol. The number of piperidine rings is 1. The first-order valence-electron chi connectivity index (χ1n) is 6.85. The van der Waals surface area contributed by atoms with Gasteiger partial charge in [0.15, 0.2) is 5.82 Å². The Kier molecular flexibility index (Phi) is 2.90. The van der Waals surface area contributed by atoms with Crippen LogP contribution in [0.3, 0.4) is 0 Å². The Hall–Kier alpha value is -0.900. The zero-order valence-corrected chi connectivity index (χ0v) is 10.5. The maximum absolute atomic E-state index is 5.50. The number of nitrogens with one attached hydrogen (secondary N) is 1. The van der Waals surface area contributed by atoms with Crippen molar-refractivity contribution < 1.29 is 4.52 Å². The van der Waals surface area contributed by atoms with Gasteiger partial charge < -0.3 is 9.84 Å². The fourth-order valence-electron chi connectivity index (χ4n) is 3.06. The van der Waals surface area contributed by atoms with E-state index in [2.05, 4.69) is 22.4 Å². The summed E-state index contributed by atoms with van der Waals surface area (Å²) < 4.78 is 5.50. The van der Waals surface area contributed by atoms with Crippen molar-refractivity contribution in [1.82, 2.24) is 15.5 Å². The average Bonchev–Trinajstić information content (AvgIpc) is 2.99. The van der Waals surface area contributed by atoms with E-state index in [0.29, 0.717) is 6.04 Å². The number of rotatable bonds is 2. The van der Waals surface area contributed by atoms with Gasteiger partial charge in [0.25, 0.3) is 0 Å². The lowest BCUT2D eigenvalue weighted by Gasteiger charge is -2.20. The van der Waals surface area contributed by atoms with E-state index in [1.165, 1.54) is 38.5 Å². The second-order valence-electron chi connectivity index (χ2n) is 5.73. The van der Waals surface area contributed by atoms with Crippen LogP contribution in [-0.2, 0) is 5.41 Å². The van der Waals surface area contributed by atoms with Crippen LogP contribution in [-0.4, -0.2) is 16.7 Å². The summed E-state index contributed by atoms with van der Waals surface area (Å²) in [5, 5.41) is 7.65. The first-order valence-corrected chi connectivity index (χ1v) is 6.85. The van der Waals surface area contributed by atoms with Gasteiger partial charge in [0, 0.05) is 5.41 Å². The Labute approximate surface area is 102 Å². The molecule has 2 aliphatic rings. The summed E-state index contributed by atoms with van der Waals surface area (Å²) in [6.45, 7) is 3.33.